The maximum atomic E-state index is 12.6. The maximum absolute atomic E-state index is 12.6. The van der Waals surface area contributed by atoms with E-state index in [9.17, 15) is 14.9 Å². The normalized spacial score (nSPS) is 14.6. The lowest BCUT2D eigenvalue weighted by molar-refractivity contribution is -0.385. The molecule has 0 heterocycles. The number of carbonyl (C=O) groups excluding carboxylic acids is 1. The van der Waals surface area contributed by atoms with Crippen LogP contribution in [0, 0.1) is 10.1 Å². The van der Waals surface area contributed by atoms with Crippen molar-refractivity contribution in [1.29, 1.82) is 0 Å². The highest BCUT2D eigenvalue weighted by atomic mass is 79.9. The second kappa shape index (κ2) is 7.00. The first-order valence-corrected chi connectivity index (χ1v) is 7.69. The number of hydrogen-bond acceptors (Lipinski definition) is 4. The fourth-order valence-corrected chi connectivity index (χ4v) is 2.84. The van der Waals surface area contributed by atoms with Crippen LogP contribution in [0.15, 0.2) is 22.7 Å². The fraction of sp³-hybridized carbons (Fsp3) is 0.500. The van der Waals surface area contributed by atoms with Crippen molar-refractivity contribution < 1.29 is 14.8 Å². The third kappa shape index (κ3) is 3.79. The molecule has 6 nitrogen and oxygen atoms in total. The van der Waals surface area contributed by atoms with Crippen LogP contribution in [0.4, 0.5) is 5.69 Å². The average molecular weight is 357 g/mol. The number of rotatable bonds is 6. The molecule has 2 rings (SSSR count). The van der Waals surface area contributed by atoms with E-state index in [-0.39, 0.29) is 24.2 Å². The van der Waals surface area contributed by atoms with E-state index in [0.29, 0.717) is 23.0 Å². The molecular weight excluding hydrogens is 340 g/mol. The lowest BCUT2D eigenvalue weighted by Crippen LogP contribution is -2.45. The molecule has 0 aromatic heterocycles. The van der Waals surface area contributed by atoms with Gasteiger partial charge in [0.05, 0.1) is 4.92 Å². The molecule has 1 fully saturated rings. The largest absolute Gasteiger partial charge is 0.396 e. The van der Waals surface area contributed by atoms with Crippen LogP contribution in [0.1, 0.15) is 36.0 Å². The predicted octanol–water partition coefficient (Wildman–Crippen LogP) is 2.73. The predicted molar refractivity (Wildman–Crippen MR) is 81.2 cm³/mol. The zero-order valence-electron chi connectivity index (χ0n) is 11.5. The van der Waals surface area contributed by atoms with Crippen LogP contribution in [0.5, 0.6) is 0 Å². The van der Waals surface area contributed by atoms with Gasteiger partial charge in [-0.3, -0.25) is 14.9 Å². The Hall–Kier alpha value is -1.47. The first kappa shape index (κ1) is 15.9. The molecule has 1 aliphatic rings. The molecule has 0 saturated heterocycles. The second-order valence-electron chi connectivity index (χ2n) is 5.12. The summed E-state index contributed by atoms with van der Waals surface area (Å²) in [5.41, 5.74) is 0.198. The number of aliphatic hydroxyl groups excluding tert-OH is 1. The summed E-state index contributed by atoms with van der Waals surface area (Å²) in [5.74, 6) is -0.211. The van der Waals surface area contributed by atoms with Crippen molar-refractivity contribution >= 4 is 27.5 Å². The molecule has 0 atom stereocenters. The molecule has 1 aromatic rings. The third-order valence-electron chi connectivity index (χ3n) is 3.67. The van der Waals surface area contributed by atoms with Crippen LogP contribution >= 0.6 is 15.9 Å². The highest BCUT2D eigenvalue weighted by Crippen LogP contribution is 2.28. The molecule has 0 bridgehead atoms. The summed E-state index contributed by atoms with van der Waals surface area (Å²) in [6.45, 7) is 0.495. The molecule has 1 amide bonds. The van der Waals surface area contributed by atoms with E-state index in [0.717, 1.165) is 19.3 Å². The van der Waals surface area contributed by atoms with Gasteiger partial charge in [0, 0.05) is 41.4 Å². The van der Waals surface area contributed by atoms with Gasteiger partial charge in [0.1, 0.15) is 0 Å². The Kier molecular flexibility index (Phi) is 5.30. The van der Waals surface area contributed by atoms with Crippen LogP contribution in [0.25, 0.3) is 0 Å². The van der Waals surface area contributed by atoms with Gasteiger partial charge in [0.25, 0.3) is 11.6 Å². The molecule has 1 saturated carbocycles. The molecule has 1 aliphatic carbocycles. The van der Waals surface area contributed by atoms with Crippen molar-refractivity contribution in [3.8, 4) is 0 Å². The Balaban J connectivity index is 2.24. The summed E-state index contributed by atoms with van der Waals surface area (Å²) in [5, 5.41) is 19.9. The molecule has 0 spiro atoms. The minimum absolute atomic E-state index is 0.0229. The van der Waals surface area contributed by atoms with Gasteiger partial charge in [0.2, 0.25) is 0 Å². The van der Waals surface area contributed by atoms with Crippen molar-refractivity contribution in [2.45, 2.75) is 31.7 Å². The highest BCUT2D eigenvalue weighted by Gasteiger charge is 2.29. The van der Waals surface area contributed by atoms with Crippen molar-refractivity contribution in [1.82, 2.24) is 4.90 Å². The number of aliphatic hydroxyl groups is 1. The van der Waals surface area contributed by atoms with Crippen molar-refractivity contribution in [3.05, 3.63) is 38.3 Å². The summed E-state index contributed by atoms with van der Waals surface area (Å²) in [4.78, 5) is 24.7. The Labute approximate surface area is 131 Å². The number of carbonyl (C=O) groups is 1. The van der Waals surface area contributed by atoms with Gasteiger partial charge in [-0.25, -0.2) is 0 Å². The van der Waals surface area contributed by atoms with Gasteiger partial charge in [-0.2, -0.15) is 0 Å². The molecule has 1 N–H and O–H groups in total. The van der Waals surface area contributed by atoms with Crippen LogP contribution in [0.3, 0.4) is 0 Å². The van der Waals surface area contributed by atoms with Gasteiger partial charge < -0.3 is 10.0 Å². The Morgan fingerprint density at radius 1 is 1.43 bits per heavy atom. The maximum Gasteiger partial charge on any atom is 0.271 e. The smallest absolute Gasteiger partial charge is 0.271 e. The third-order valence-corrected chi connectivity index (χ3v) is 4.13. The van der Waals surface area contributed by atoms with Crippen molar-refractivity contribution in [2.24, 2.45) is 0 Å². The number of nitro benzene ring substituents is 1. The quantitative estimate of drug-likeness (QED) is 0.627. The van der Waals surface area contributed by atoms with Crippen molar-refractivity contribution in [3.63, 3.8) is 0 Å². The molecule has 1 aromatic carbocycles. The molecule has 21 heavy (non-hydrogen) atoms. The van der Waals surface area contributed by atoms with E-state index >= 15 is 0 Å². The number of hydrogen-bond donors (Lipinski definition) is 1. The Morgan fingerprint density at radius 2 is 2.14 bits per heavy atom. The summed E-state index contributed by atoms with van der Waals surface area (Å²) < 4.78 is 0.510. The van der Waals surface area contributed by atoms with Crippen LogP contribution in [-0.4, -0.2) is 40.0 Å². The summed E-state index contributed by atoms with van der Waals surface area (Å²) in [6, 6.07) is 4.46. The first-order chi connectivity index (χ1) is 10.0. The van der Waals surface area contributed by atoms with Gasteiger partial charge in [-0.15, -0.1) is 0 Å². The Bertz CT molecular complexity index is 546. The number of benzene rings is 1. The van der Waals surface area contributed by atoms with Gasteiger partial charge in [-0.1, -0.05) is 15.9 Å². The van der Waals surface area contributed by atoms with Crippen molar-refractivity contribution in [2.75, 3.05) is 13.2 Å². The minimum Gasteiger partial charge on any atom is -0.396 e. The number of nitrogens with zero attached hydrogens (tertiary/aromatic N) is 2. The van der Waals surface area contributed by atoms with E-state index in [2.05, 4.69) is 15.9 Å². The fourth-order valence-electron chi connectivity index (χ4n) is 2.36. The first-order valence-electron chi connectivity index (χ1n) is 6.89. The van der Waals surface area contributed by atoms with E-state index in [4.69, 9.17) is 5.11 Å². The van der Waals surface area contributed by atoms with E-state index < -0.39 is 4.92 Å². The molecule has 0 unspecified atom stereocenters. The van der Waals surface area contributed by atoms with Gasteiger partial charge >= 0.3 is 0 Å². The SMILES string of the molecule is O=C(c1cc(Br)cc([N+](=O)[O-])c1)N(CCCO)C1CCC1. The molecule has 114 valence electrons. The molecule has 0 aliphatic heterocycles. The topological polar surface area (TPSA) is 83.7 Å². The van der Waals surface area contributed by atoms with Crippen LogP contribution in [-0.2, 0) is 0 Å². The number of amides is 1. The molecule has 7 heteroatoms. The second-order valence-corrected chi connectivity index (χ2v) is 6.03. The average Bonchev–Trinajstić information content (AvgIpc) is 2.39. The number of nitro groups is 1. The number of halogens is 1. The molecule has 0 radical (unpaired) electrons. The summed E-state index contributed by atoms with van der Waals surface area (Å²) >= 11 is 3.20. The van der Waals surface area contributed by atoms with E-state index in [1.807, 2.05) is 0 Å². The van der Waals surface area contributed by atoms with E-state index in [1.54, 1.807) is 11.0 Å². The minimum atomic E-state index is -0.511. The van der Waals surface area contributed by atoms with Crippen LogP contribution in [0.2, 0.25) is 0 Å². The Morgan fingerprint density at radius 3 is 2.67 bits per heavy atom. The zero-order valence-corrected chi connectivity index (χ0v) is 13.1. The molecular formula is C14H17BrN2O4. The standard InChI is InChI=1S/C14H17BrN2O4/c15-11-7-10(8-13(9-11)17(20)21)14(19)16(5-2-6-18)12-3-1-4-12/h7-9,12,18H,1-6H2. The van der Waals surface area contributed by atoms with E-state index in [1.165, 1.54) is 12.1 Å². The number of non-ortho nitro benzene ring substituents is 1. The van der Waals surface area contributed by atoms with Gasteiger partial charge in [0.15, 0.2) is 0 Å². The lowest BCUT2D eigenvalue weighted by Gasteiger charge is -2.37. The van der Waals surface area contributed by atoms with Crippen LogP contribution < -0.4 is 0 Å². The van der Waals surface area contributed by atoms with Gasteiger partial charge in [-0.05, 0) is 31.7 Å². The monoisotopic (exact) mass is 356 g/mol. The lowest BCUT2D eigenvalue weighted by atomic mass is 9.90. The highest BCUT2D eigenvalue weighted by molar-refractivity contribution is 9.10. The summed E-state index contributed by atoms with van der Waals surface area (Å²) in [6.07, 6.45) is 3.51. The summed E-state index contributed by atoms with van der Waals surface area (Å²) in [7, 11) is 0. The zero-order chi connectivity index (χ0) is 15.4.